The Balaban J connectivity index is 2.08. The van der Waals surface area contributed by atoms with Gasteiger partial charge in [0.05, 0.1) is 12.3 Å². The van der Waals surface area contributed by atoms with Crippen LogP contribution in [0.5, 0.6) is 0 Å². The van der Waals surface area contributed by atoms with Crippen LogP contribution in [0.4, 0.5) is 0 Å². The van der Waals surface area contributed by atoms with E-state index in [4.69, 9.17) is 4.74 Å². The molecule has 0 spiro atoms. The zero-order valence-corrected chi connectivity index (χ0v) is 10.5. The van der Waals surface area contributed by atoms with Crippen LogP contribution >= 0.6 is 11.3 Å². The van der Waals surface area contributed by atoms with Gasteiger partial charge in [0.1, 0.15) is 0 Å². The van der Waals surface area contributed by atoms with E-state index in [0.717, 1.165) is 10.8 Å². The van der Waals surface area contributed by atoms with Gasteiger partial charge in [-0.05, 0) is 13.8 Å². The van der Waals surface area contributed by atoms with Gasteiger partial charge in [0.2, 0.25) is 6.33 Å². The highest BCUT2D eigenvalue weighted by atomic mass is 32.1. The molecule has 0 atom stereocenters. The molecule has 0 aliphatic carbocycles. The molecule has 0 bridgehead atoms. The molecule has 7 heteroatoms. The van der Waals surface area contributed by atoms with Gasteiger partial charge in [-0.25, -0.2) is 14.3 Å². The molecule has 17 heavy (non-hydrogen) atoms. The molecule has 90 valence electrons. The van der Waals surface area contributed by atoms with E-state index in [-0.39, 0.29) is 12.5 Å². The number of ether oxygens (including phenoxy) is 1. The number of rotatable bonds is 4. The maximum atomic E-state index is 11.3. The summed E-state index contributed by atoms with van der Waals surface area (Å²) in [7, 11) is 0. The van der Waals surface area contributed by atoms with Crippen molar-refractivity contribution in [3.05, 3.63) is 23.7 Å². The molecule has 0 radical (unpaired) electrons. The topological polar surface area (TPSA) is 60.9 Å². The molecule has 0 amide bonds. The summed E-state index contributed by atoms with van der Waals surface area (Å²) >= 11 is 1.50. The summed E-state index contributed by atoms with van der Waals surface area (Å²) in [6.07, 6.45) is 3.29. The van der Waals surface area contributed by atoms with E-state index < -0.39 is 0 Å². The minimum Gasteiger partial charge on any atom is -0.464 e. The van der Waals surface area contributed by atoms with Gasteiger partial charge in [0.15, 0.2) is 6.54 Å². The molecule has 2 rings (SSSR count). The number of carbonyl (C=O) groups excluding carboxylic acids is 1. The molecule has 0 unspecified atom stereocenters. The first-order valence-electron chi connectivity index (χ1n) is 5.21. The van der Waals surface area contributed by atoms with Crippen LogP contribution in [0.2, 0.25) is 0 Å². The average molecular weight is 253 g/mol. The number of aryl methyl sites for hydroxylation is 1. The highest BCUT2D eigenvalue weighted by molar-refractivity contribution is 7.12. The van der Waals surface area contributed by atoms with Crippen molar-refractivity contribution in [2.24, 2.45) is 0 Å². The lowest BCUT2D eigenvalue weighted by atomic mass is 10.6. The van der Waals surface area contributed by atoms with Gasteiger partial charge in [0.25, 0.3) is 11.5 Å². The number of hydrogen-bond donors (Lipinski definition) is 0. The van der Waals surface area contributed by atoms with Gasteiger partial charge in [-0.3, -0.25) is 0 Å². The fourth-order valence-corrected chi connectivity index (χ4v) is 2.03. The van der Waals surface area contributed by atoms with Crippen molar-refractivity contribution in [3.8, 4) is 5.13 Å². The van der Waals surface area contributed by atoms with Crippen LogP contribution in [-0.2, 0) is 16.1 Å². The third kappa shape index (κ3) is 2.88. The zero-order valence-electron chi connectivity index (χ0n) is 9.66. The first-order chi connectivity index (χ1) is 8.19. The quantitative estimate of drug-likeness (QED) is 0.587. The van der Waals surface area contributed by atoms with Gasteiger partial charge in [-0.2, -0.15) is 0 Å². The number of aromatic nitrogens is 4. The van der Waals surface area contributed by atoms with E-state index in [1.165, 1.54) is 11.3 Å². The van der Waals surface area contributed by atoms with E-state index in [9.17, 15) is 4.79 Å². The Morgan fingerprint density at radius 2 is 2.47 bits per heavy atom. The fourth-order valence-electron chi connectivity index (χ4n) is 1.30. The Morgan fingerprint density at radius 1 is 1.65 bits per heavy atom. The number of hydrogen-bond acceptors (Lipinski definition) is 5. The van der Waals surface area contributed by atoms with Crippen LogP contribution in [0, 0.1) is 6.92 Å². The minimum absolute atomic E-state index is 0.165. The van der Waals surface area contributed by atoms with Crippen molar-refractivity contribution in [1.82, 2.24) is 14.8 Å². The number of thiazole rings is 1. The average Bonchev–Trinajstić information content (AvgIpc) is 2.87. The Hall–Kier alpha value is -1.76. The second kappa shape index (κ2) is 5.05. The monoisotopic (exact) mass is 253 g/mol. The first kappa shape index (κ1) is 11.7. The molecule has 0 aromatic carbocycles. The molecule has 0 saturated heterocycles. The van der Waals surface area contributed by atoms with E-state index in [0.29, 0.717) is 6.61 Å². The molecule has 2 aromatic heterocycles. The summed E-state index contributed by atoms with van der Waals surface area (Å²) in [4.78, 5) is 15.6. The predicted molar refractivity (Wildman–Crippen MR) is 60.8 cm³/mol. The summed E-state index contributed by atoms with van der Waals surface area (Å²) in [5.41, 5.74) is 0.956. The van der Waals surface area contributed by atoms with E-state index in [1.807, 2.05) is 12.3 Å². The standard InChI is InChI=1S/C10H13N4O2S/c1-3-16-9(15)4-13-6-11-14(7-13)10-12-8(2)5-17-10/h5-7H,3-4H2,1-2H3/q+1. The molecule has 2 aromatic rings. The van der Waals surface area contributed by atoms with Crippen LogP contribution in [-0.4, -0.2) is 27.3 Å². The summed E-state index contributed by atoms with van der Waals surface area (Å²) in [5.74, 6) is -0.271. The third-order valence-electron chi connectivity index (χ3n) is 2.00. The van der Waals surface area contributed by atoms with Crippen molar-refractivity contribution in [2.45, 2.75) is 20.4 Å². The normalized spacial score (nSPS) is 10.5. The maximum Gasteiger partial charge on any atom is 0.340 e. The van der Waals surface area contributed by atoms with Crippen molar-refractivity contribution >= 4 is 17.3 Å². The largest absolute Gasteiger partial charge is 0.464 e. The number of nitrogens with zero attached hydrogens (tertiary/aromatic N) is 4. The van der Waals surface area contributed by atoms with E-state index >= 15 is 0 Å². The minimum atomic E-state index is -0.271. The molecule has 0 aliphatic rings. The highest BCUT2D eigenvalue weighted by Crippen LogP contribution is 2.11. The smallest absolute Gasteiger partial charge is 0.340 e. The molecular weight excluding hydrogens is 240 g/mol. The number of carbonyl (C=O) groups is 1. The summed E-state index contributed by atoms with van der Waals surface area (Å²) in [6, 6.07) is 0. The Bertz CT molecular complexity index is 520. The fraction of sp³-hybridized carbons (Fsp3) is 0.400. The lowest BCUT2D eigenvalue weighted by Crippen LogP contribution is -2.36. The number of esters is 1. The SMILES string of the molecule is CCOC(=O)C[n+]1cnn(-c2nc(C)cs2)c1. The van der Waals surface area contributed by atoms with Gasteiger partial charge in [-0.15, -0.1) is 0 Å². The van der Waals surface area contributed by atoms with Crippen LogP contribution in [0.3, 0.4) is 0 Å². The van der Waals surface area contributed by atoms with Crippen LogP contribution in [0.1, 0.15) is 12.6 Å². The van der Waals surface area contributed by atoms with Gasteiger partial charge in [-0.1, -0.05) is 16.0 Å². The summed E-state index contributed by atoms with van der Waals surface area (Å²) < 4.78 is 8.15. The summed E-state index contributed by atoms with van der Waals surface area (Å²) in [5, 5.41) is 6.87. The van der Waals surface area contributed by atoms with Crippen molar-refractivity contribution < 1.29 is 14.1 Å². The molecule has 0 saturated carbocycles. The maximum absolute atomic E-state index is 11.3. The molecule has 6 nitrogen and oxygen atoms in total. The van der Waals surface area contributed by atoms with E-state index in [2.05, 4.69) is 10.1 Å². The lowest BCUT2D eigenvalue weighted by molar-refractivity contribution is -0.686. The molecule has 2 heterocycles. The first-order valence-corrected chi connectivity index (χ1v) is 6.09. The molecule has 0 aliphatic heterocycles. The van der Waals surface area contributed by atoms with Crippen LogP contribution in [0.25, 0.3) is 5.13 Å². The van der Waals surface area contributed by atoms with Crippen LogP contribution < -0.4 is 4.57 Å². The lowest BCUT2D eigenvalue weighted by Gasteiger charge is -1.97. The van der Waals surface area contributed by atoms with E-state index in [1.54, 1.807) is 28.8 Å². The molecular formula is C10H13N4O2S+. The molecule has 0 N–H and O–H groups in total. The second-order valence-corrected chi connectivity index (χ2v) is 4.28. The highest BCUT2D eigenvalue weighted by Gasteiger charge is 2.14. The van der Waals surface area contributed by atoms with Crippen molar-refractivity contribution in [3.63, 3.8) is 0 Å². The second-order valence-electron chi connectivity index (χ2n) is 3.44. The van der Waals surface area contributed by atoms with Crippen molar-refractivity contribution in [2.75, 3.05) is 6.61 Å². The van der Waals surface area contributed by atoms with Crippen LogP contribution in [0.15, 0.2) is 18.0 Å². The Morgan fingerprint density at radius 3 is 3.12 bits per heavy atom. The van der Waals surface area contributed by atoms with Gasteiger partial charge in [0, 0.05) is 10.5 Å². The zero-order chi connectivity index (χ0) is 12.3. The predicted octanol–water partition coefficient (Wildman–Crippen LogP) is 0.488. The van der Waals surface area contributed by atoms with Gasteiger partial charge < -0.3 is 4.74 Å². The summed E-state index contributed by atoms with van der Waals surface area (Å²) in [6.45, 7) is 4.26. The van der Waals surface area contributed by atoms with Crippen molar-refractivity contribution in [1.29, 1.82) is 0 Å². The molecule has 0 fully saturated rings. The Labute approximate surface area is 102 Å². The third-order valence-corrected chi connectivity index (χ3v) is 2.95. The van der Waals surface area contributed by atoms with Gasteiger partial charge >= 0.3 is 5.97 Å². The Kier molecular flexibility index (Phi) is 3.48.